The predicted molar refractivity (Wildman–Crippen MR) is 66.1 cm³/mol. The highest BCUT2D eigenvalue weighted by atomic mass is 16.7. The summed E-state index contributed by atoms with van der Waals surface area (Å²) in [5.41, 5.74) is 0. The summed E-state index contributed by atoms with van der Waals surface area (Å²) in [6.45, 7) is 0.987. The van der Waals surface area contributed by atoms with E-state index in [9.17, 15) is 25.5 Å². The summed E-state index contributed by atoms with van der Waals surface area (Å²) < 4.78 is 15.7. The Morgan fingerprint density at radius 3 is 2.24 bits per heavy atom. The molecule has 2 heterocycles. The Kier molecular flexibility index (Phi) is 5.52. The van der Waals surface area contributed by atoms with E-state index in [4.69, 9.17) is 19.3 Å². The van der Waals surface area contributed by atoms with Gasteiger partial charge in [0, 0.05) is 0 Å². The highest BCUT2D eigenvalue weighted by Crippen LogP contribution is 2.26. The van der Waals surface area contributed by atoms with E-state index in [1.807, 2.05) is 0 Å². The van der Waals surface area contributed by atoms with Crippen molar-refractivity contribution in [2.24, 2.45) is 0 Å². The molecule has 0 saturated carbocycles. The fourth-order valence-electron chi connectivity index (χ4n) is 2.41. The SMILES string of the molecule is CC1OCC(OC2OC(CO)C(O)C(O)C2O)C(O)C1O. The molecule has 2 fully saturated rings. The van der Waals surface area contributed by atoms with Crippen LogP contribution in [-0.4, -0.2) is 99.0 Å². The first-order chi connectivity index (χ1) is 9.86. The molecule has 0 bridgehead atoms. The van der Waals surface area contributed by atoms with Crippen molar-refractivity contribution in [3.05, 3.63) is 0 Å². The van der Waals surface area contributed by atoms with Crippen LogP contribution in [0.5, 0.6) is 0 Å². The van der Waals surface area contributed by atoms with E-state index in [-0.39, 0.29) is 6.61 Å². The molecule has 2 aliphatic rings. The first-order valence-corrected chi connectivity index (χ1v) is 6.80. The average Bonchev–Trinajstić information content (AvgIpc) is 2.48. The maximum atomic E-state index is 9.91. The van der Waals surface area contributed by atoms with Gasteiger partial charge >= 0.3 is 0 Å². The zero-order valence-corrected chi connectivity index (χ0v) is 11.5. The molecule has 2 saturated heterocycles. The van der Waals surface area contributed by atoms with E-state index < -0.39 is 61.7 Å². The van der Waals surface area contributed by atoms with E-state index in [0.29, 0.717) is 0 Å². The normalized spacial score (nSPS) is 51.9. The first kappa shape index (κ1) is 17.0. The Morgan fingerprint density at radius 1 is 0.952 bits per heavy atom. The van der Waals surface area contributed by atoms with Crippen LogP contribution in [0.3, 0.4) is 0 Å². The lowest BCUT2D eigenvalue weighted by Gasteiger charge is -2.43. The van der Waals surface area contributed by atoms with E-state index in [1.54, 1.807) is 6.92 Å². The fourth-order valence-corrected chi connectivity index (χ4v) is 2.41. The monoisotopic (exact) mass is 310 g/mol. The molecule has 0 aromatic carbocycles. The van der Waals surface area contributed by atoms with Crippen LogP contribution in [-0.2, 0) is 14.2 Å². The second kappa shape index (κ2) is 6.82. The molecule has 21 heavy (non-hydrogen) atoms. The summed E-state index contributed by atoms with van der Waals surface area (Å²) in [6, 6.07) is 0. The van der Waals surface area contributed by atoms with Crippen molar-refractivity contribution in [2.45, 2.75) is 62.0 Å². The van der Waals surface area contributed by atoms with Gasteiger partial charge in [0.1, 0.15) is 42.7 Å². The first-order valence-electron chi connectivity index (χ1n) is 6.80. The molecule has 0 radical (unpaired) electrons. The summed E-state index contributed by atoms with van der Waals surface area (Å²) in [5, 5.41) is 57.8. The van der Waals surface area contributed by atoms with Gasteiger partial charge in [-0.15, -0.1) is 0 Å². The molecule has 2 aliphatic heterocycles. The van der Waals surface area contributed by atoms with Crippen LogP contribution < -0.4 is 0 Å². The Balaban J connectivity index is 2.01. The molecule has 124 valence electrons. The topological polar surface area (TPSA) is 149 Å². The van der Waals surface area contributed by atoms with Gasteiger partial charge in [0.05, 0.1) is 19.3 Å². The van der Waals surface area contributed by atoms with Crippen LogP contribution in [0.4, 0.5) is 0 Å². The summed E-state index contributed by atoms with van der Waals surface area (Å²) in [4.78, 5) is 0. The van der Waals surface area contributed by atoms with E-state index in [2.05, 4.69) is 0 Å². The molecule has 0 aromatic heterocycles. The molecule has 0 aromatic rings. The minimum atomic E-state index is -1.56. The third-order valence-corrected chi connectivity index (χ3v) is 3.89. The molecule has 9 heteroatoms. The summed E-state index contributed by atoms with van der Waals surface area (Å²) in [6.07, 6.45) is -11.0. The second-order valence-corrected chi connectivity index (χ2v) is 5.39. The lowest BCUT2D eigenvalue weighted by atomic mass is 9.98. The van der Waals surface area contributed by atoms with Gasteiger partial charge in [-0.3, -0.25) is 0 Å². The van der Waals surface area contributed by atoms with E-state index in [0.717, 1.165) is 0 Å². The third kappa shape index (κ3) is 3.36. The van der Waals surface area contributed by atoms with Crippen molar-refractivity contribution in [3.8, 4) is 0 Å². The smallest absolute Gasteiger partial charge is 0.187 e. The van der Waals surface area contributed by atoms with E-state index >= 15 is 0 Å². The van der Waals surface area contributed by atoms with Gasteiger partial charge in [-0.05, 0) is 6.92 Å². The van der Waals surface area contributed by atoms with E-state index in [1.165, 1.54) is 0 Å². The molecule has 9 unspecified atom stereocenters. The van der Waals surface area contributed by atoms with Crippen LogP contribution >= 0.6 is 0 Å². The highest BCUT2D eigenvalue weighted by Gasteiger charge is 2.47. The second-order valence-electron chi connectivity index (χ2n) is 5.39. The highest BCUT2D eigenvalue weighted by molar-refractivity contribution is 4.91. The molecular weight excluding hydrogens is 288 g/mol. The lowest BCUT2D eigenvalue weighted by molar-refractivity contribution is -0.330. The average molecular weight is 310 g/mol. The van der Waals surface area contributed by atoms with Crippen molar-refractivity contribution in [3.63, 3.8) is 0 Å². The van der Waals surface area contributed by atoms with Crippen molar-refractivity contribution in [1.82, 2.24) is 0 Å². The van der Waals surface area contributed by atoms with Crippen molar-refractivity contribution < 1.29 is 44.8 Å². The Hall–Kier alpha value is -0.360. The van der Waals surface area contributed by atoms with Gasteiger partial charge in [-0.25, -0.2) is 0 Å². The van der Waals surface area contributed by atoms with Crippen molar-refractivity contribution >= 4 is 0 Å². The number of ether oxygens (including phenoxy) is 3. The maximum absolute atomic E-state index is 9.91. The molecule has 9 atom stereocenters. The van der Waals surface area contributed by atoms with Gasteiger partial charge < -0.3 is 44.8 Å². The van der Waals surface area contributed by atoms with Crippen LogP contribution in [0.25, 0.3) is 0 Å². The summed E-state index contributed by atoms with van der Waals surface area (Å²) in [7, 11) is 0. The fraction of sp³-hybridized carbons (Fsp3) is 1.00. The number of hydrogen-bond donors (Lipinski definition) is 6. The standard InChI is InChI=1S/C12H22O9/c1-4-7(14)9(16)6(3-19-4)21-12-11(18)10(17)8(15)5(2-13)20-12/h4-18H,2-3H2,1H3. The summed E-state index contributed by atoms with van der Waals surface area (Å²) >= 11 is 0. The molecular formula is C12H22O9. The number of aliphatic hydroxyl groups excluding tert-OH is 6. The Bertz CT molecular complexity index is 339. The summed E-state index contributed by atoms with van der Waals surface area (Å²) in [5.74, 6) is 0. The van der Waals surface area contributed by atoms with Gasteiger partial charge in [-0.1, -0.05) is 0 Å². The zero-order chi connectivity index (χ0) is 15.7. The van der Waals surface area contributed by atoms with Gasteiger partial charge in [0.2, 0.25) is 0 Å². The predicted octanol–water partition coefficient (Wildman–Crippen LogP) is -3.69. The van der Waals surface area contributed by atoms with Crippen molar-refractivity contribution in [2.75, 3.05) is 13.2 Å². The van der Waals surface area contributed by atoms with Crippen LogP contribution in [0.15, 0.2) is 0 Å². The third-order valence-electron chi connectivity index (χ3n) is 3.89. The number of hydrogen-bond acceptors (Lipinski definition) is 9. The minimum absolute atomic E-state index is 0.0333. The molecule has 9 nitrogen and oxygen atoms in total. The number of aliphatic hydroxyl groups is 6. The lowest BCUT2D eigenvalue weighted by Crippen LogP contribution is -2.62. The van der Waals surface area contributed by atoms with Gasteiger partial charge in [0.25, 0.3) is 0 Å². The van der Waals surface area contributed by atoms with Gasteiger partial charge in [0.15, 0.2) is 6.29 Å². The molecule has 0 amide bonds. The van der Waals surface area contributed by atoms with Gasteiger partial charge in [-0.2, -0.15) is 0 Å². The molecule has 0 aliphatic carbocycles. The quantitative estimate of drug-likeness (QED) is 0.310. The van der Waals surface area contributed by atoms with Crippen molar-refractivity contribution in [1.29, 1.82) is 0 Å². The van der Waals surface area contributed by atoms with Crippen LogP contribution in [0, 0.1) is 0 Å². The molecule has 0 spiro atoms. The molecule has 6 N–H and O–H groups in total. The van der Waals surface area contributed by atoms with Crippen LogP contribution in [0.1, 0.15) is 6.92 Å². The Labute approximate surface area is 121 Å². The zero-order valence-electron chi connectivity index (χ0n) is 11.5. The Morgan fingerprint density at radius 2 is 1.62 bits per heavy atom. The molecule has 2 rings (SSSR count). The number of rotatable bonds is 3. The largest absolute Gasteiger partial charge is 0.394 e. The minimum Gasteiger partial charge on any atom is -0.394 e. The van der Waals surface area contributed by atoms with Crippen LogP contribution in [0.2, 0.25) is 0 Å². The maximum Gasteiger partial charge on any atom is 0.187 e.